The number of hydrogen-bond acceptors (Lipinski definition) is 3. The lowest BCUT2D eigenvalue weighted by Gasteiger charge is -2.31. The van der Waals surface area contributed by atoms with Crippen molar-refractivity contribution in [2.24, 2.45) is 0 Å². The molecular weight excluding hydrogens is 362 g/mol. The molecule has 22 heavy (non-hydrogen) atoms. The predicted octanol–water partition coefficient (Wildman–Crippen LogP) is 1.82. The largest absolute Gasteiger partial charge is 0.332 e. The maximum Gasteiger partial charge on any atom is 0.219 e. The minimum absolute atomic E-state index is 0.185. The zero-order chi connectivity index (χ0) is 15.5. The van der Waals surface area contributed by atoms with Crippen LogP contribution < -0.4 is 4.90 Å². The molecule has 1 aromatic heterocycles. The highest BCUT2D eigenvalue weighted by atomic mass is 79.9. The number of nitrogens with one attached hydrogen (secondary N) is 1. The lowest BCUT2D eigenvalue weighted by Crippen LogP contribution is -3.13. The number of nitrogens with zero attached hydrogens (tertiary/aromatic N) is 2. The van der Waals surface area contributed by atoms with Gasteiger partial charge in [0.25, 0.3) is 0 Å². The summed E-state index contributed by atoms with van der Waals surface area (Å²) < 4.78 is 1.08. The highest BCUT2D eigenvalue weighted by Gasteiger charge is 2.22. The standard InChI is InChI=1S/C16H18BrN3OS/c1-12(21)20-7-5-19(6-8-20)10-15-11-22-16(18-15)13-3-2-4-14(17)9-13/h2-4,9,11H,5-8,10H2,1H3/p+1. The number of piperazine rings is 1. The van der Waals surface area contributed by atoms with E-state index in [9.17, 15) is 4.79 Å². The van der Waals surface area contributed by atoms with E-state index in [1.165, 1.54) is 4.90 Å². The third-order valence-electron chi connectivity index (χ3n) is 3.97. The summed E-state index contributed by atoms with van der Waals surface area (Å²) in [6, 6.07) is 8.25. The molecule has 1 fully saturated rings. The molecule has 1 saturated heterocycles. The van der Waals surface area contributed by atoms with Crippen molar-refractivity contribution in [2.45, 2.75) is 13.5 Å². The van der Waals surface area contributed by atoms with Crippen molar-refractivity contribution < 1.29 is 9.69 Å². The molecule has 0 saturated carbocycles. The van der Waals surface area contributed by atoms with Crippen molar-refractivity contribution in [1.82, 2.24) is 9.88 Å². The first-order valence-corrected chi connectivity index (χ1v) is 9.08. The number of carbonyl (C=O) groups is 1. The lowest BCUT2D eigenvalue weighted by molar-refractivity contribution is -0.917. The van der Waals surface area contributed by atoms with Crippen LogP contribution >= 0.6 is 27.3 Å². The maximum absolute atomic E-state index is 11.4. The molecule has 116 valence electrons. The van der Waals surface area contributed by atoms with Gasteiger partial charge in [0.15, 0.2) is 0 Å². The summed E-state index contributed by atoms with van der Waals surface area (Å²) in [4.78, 5) is 19.6. The van der Waals surface area contributed by atoms with Crippen molar-refractivity contribution in [3.05, 3.63) is 39.8 Å². The van der Waals surface area contributed by atoms with Crippen LogP contribution in [0.25, 0.3) is 10.6 Å². The van der Waals surface area contributed by atoms with E-state index in [-0.39, 0.29) is 5.91 Å². The van der Waals surface area contributed by atoms with E-state index < -0.39 is 0 Å². The fourth-order valence-corrected chi connectivity index (χ4v) is 3.93. The van der Waals surface area contributed by atoms with Crippen molar-refractivity contribution in [3.8, 4) is 10.6 Å². The van der Waals surface area contributed by atoms with Gasteiger partial charge in [-0.15, -0.1) is 11.3 Å². The Hall–Kier alpha value is -1.24. The van der Waals surface area contributed by atoms with Crippen molar-refractivity contribution in [3.63, 3.8) is 0 Å². The first-order valence-electron chi connectivity index (χ1n) is 7.41. The molecule has 1 aliphatic heterocycles. The molecule has 1 N–H and O–H groups in total. The Morgan fingerprint density at radius 1 is 1.41 bits per heavy atom. The smallest absolute Gasteiger partial charge is 0.219 e. The van der Waals surface area contributed by atoms with Gasteiger partial charge in [0.2, 0.25) is 5.91 Å². The zero-order valence-corrected chi connectivity index (χ0v) is 14.9. The van der Waals surface area contributed by atoms with Crippen LogP contribution in [0.1, 0.15) is 12.6 Å². The third-order valence-corrected chi connectivity index (χ3v) is 5.40. The Kier molecular flexibility index (Phi) is 4.90. The number of benzene rings is 1. The number of hydrogen-bond donors (Lipinski definition) is 1. The number of amides is 1. The van der Waals surface area contributed by atoms with Crippen molar-refractivity contribution >= 4 is 33.2 Å². The van der Waals surface area contributed by atoms with Crippen LogP contribution in [-0.2, 0) is 11.3 Å². The Morgan fingerprint density at radius 3 is 2.86 bits per heavy atom. The van der Waals surface area contributed by atoms with Crippen LogP contribution in [0.4, 0.5) is 0 Å². The molecule has 0 atom stereocenters. The van der Waals surface area contributed by atoms with Crippen LogP contribution in [0, 0.1) is 0 Å². The van der Waals surface area contributed by atoms with Gasteiger partial charge in [0, 0.05) is 22.3 Å². The topological polar surface area (TPSA) is 37.6 Å². The number of halogens is 1. The first-order chi connectivity index (χ1) is 10.6. The minimum Gasteiger partial charge on any atom is -0.332 e. The fourth-order valence-electron chi connectivity index (χ4n) is 2.71. The van der Waals surface area contributed by atoms with E-state index in [4.69, 9.17) is 4.98 Å². The van der Waals surface area contributed by atoms with E-state index in [2.05, 4.69) is 33.4 Å². The summed E-state index contributed by atoms with van der Waals surface area (Å²) in [5.74, 6) is 0.185. The van der Waals surface area contributed by atoms with Gasteiger partial charge in [0.1, 0.15) is 17.2 Å². The molecule has 2 aromatic rings. The maximum atomic E-state index is 11.4. The first kappa shape index (κ1) is 15.6. The van der Waals surface area contributed by atoms with Crippen LogP contribution in [0.15, 0.2) is 34.1 Å². The van der Waals surface area contributed by atoms with E-state index in [0.29, 0.717) is 0 Å². The molecule has 1 aliphatic rings. The van der Waals surface area contributed by atoms with Gasteiger partial charge in [-0.1, -0.05) is 28.1 Å². The monoisotopic (exact) mass is 380 g/mol. The molecule has 0 unspecified atom stereocenters. The third kappa shape index (κ3) is 3.74. The molecule has 0 aliphatic carbocycles. The van der Waals surface area contributed by atoms with Gasteiger partial charge in [-0.25, -0.2) is 4.98 Å². The Morgan fingerprint density at radius 2 is 2.18 bits per heavy atom. The molecule has 2 heterocycles. The van der Waals surface area contributed by atoms with Crippen LogP contribution in [0.5, 0.6) is 0 Å². The fraction of sp³-hybridized carbons (Fsp3) is 0.375. The van der Waals surface area contributed by atoms with Crippen molar-refractivity contribution in [1.29, 1.82) is 0 Å². The van der Waals surface area contributed by atoms with Gasteiger partial charge in [-0.05, 0) is 12.1 Å². The van der Waals surface area contributed by atoms with Gasteiger partial charge >= 0.3 is 0 Å². The molecule has 0 radical (unpaired) electrons. The number of quaternary nitrogens is 1. The number of aromatic nitrogens is 1. The molecule has 1 aromatic carbocycles. The number of thiazole rings is 1. The lowest BCUT2D eigenvalue weighted by atomic mass is 10.2. The second-order valence-electron chi connectivity index (χ2n) is 5.59. The highest BCUT2D eigenvalue weighted by molar-refractivity contribution is 9.10. The summed E-state index contributed by atoms with van der Waals surface area (Å²) in [6.07, 6.45) is 0. The highest BCUT2D eigenvalue weighted by Crippen LogP contribution is 2.25. The van der Waals surface area contributed by atoms with Crippen LogP contribution in [-0.4, -0.2) is 42.0 Å². The van der Waals surface area contributed by atoms with E-state index in [1.54, 1.807) is 18.3 Å². The summed E-state index contributed by atoms with van der Waals surface area (Å²) in [7, 11) is 0. The molecular formula is C16H19BrN3OS+. The minimum atomic E-state index is 0.185. The molecule has 1 amide bonds. The van der Waals surface area contributed by atoms with Gasteiger partial charge in [0.05, 0.1) is 26.2 Å². The van der Waals surface area contributed by atoms with Crippen LogP contribution in [0.2, 0.25) is 0 Å². The predicted molar refractivity (Wildman–Crippen MR) is 91.9 cm³/mol. The summed E-state index contributed by atoms with van der Waals surface area (Å²) in [6.45, 7) is 6.30. The van der Waals surface area contributed by atoms with E-state index in [1.807, 2.05) is 17.0 Å². The summed E-state index contributed by atoms with van der Waals surface area (Å²) in [5, 5.41) is 3.22. The Labute approximate surface area is 142 Å². The summed E-state index contributed by atoms with van der Waals surface area (Å²) >= 11 is 5.20. The quantitative estimate of drug-likeness (QED) is 0.881. The van der Waals surface area contributed by atoms with E-state index in [0.717, 1.165) is 53.5 Å². The second-order valence-corrected chi connectivity index (χ2v) is 7.36. The van der Waals surface area contributed by atoms with Gasteiger partial charge in [-0.3, -0.25) is 4.79 Å². The number of rotatable bonds is 3. The van der Waals surface area contributed by atoms with Crippen molar-refractivity contribution in [2.75, 3.05) is 26.2 Å². The average molecular weight is 381 g/mol. The normalized spacial score (nSPS) is 16.0. The Bertz CT molecular complexity index is 665. The van der Waals surface area contributed by atoms with Crippen LogP contribution in [0.3, 0.4) is 0 Å². The van der Waals surface area contributed by atoms with Gasteiger partial charge < -0.3 is 9.80 Å². The summed E-state index contributed by atoms with van der Waals surface area (Å²) in [5.41, 5.74) is 2.30. The molecule has 3 rings (SSSR count). The molecule has 0 spiro atoms. The molecule has 6 heteroatoms. The second kappa shape index (κ2) is 6.89. The zero-order valence-electron chi connectivity index (χ0n) is 12.5. The Balaban J connectivity index is 1.62. The number of carbonyl (C=O) groups excluding carboxylic acids is 1. The van der Waals surface area contributed by atoms with Gasteiger partial charge in [-0.2, -0.15) is 0 Å². The SMILES string of the molecule is CC(=O)N1CC[NH+](Cc2csc(-c3cccc(Br)c3)n2)CC1. The van der Waals surface area contributed by atoms with E-state index >= 15 is 0 Å². The average Bonchev–Trinajstić information content (AvgIpc) is 2.96. The molecule has 4 nitrogen and oxygen atoms in total. The molecule has 0 bridgehead atoms.